The molecule has 2 heterocycles. The molecule has 4 rings (SSSR count). The fourth-order valence-electron chi connectivity index (χ4n) is 4.05. The van der Waals surface area contributed by atoms with Gasteiger partial charge in [0, 0.05) is 47.8 Å². The van der Waals surface area contributed by atoms with E-state index in [4.69, 9.17) is 10.2 Å². The fourth-order valence-corrected chi connectivity index (χ4v) is 4.05. The number of carboxylic acid groups (broad SMARTS) is 2. The number of nitrogens with zero attached hydrogens (tertiary/aromatic N) is 1. The summed E-state index contributed by atoms with van der Waals surface area (Å²) in [5.74, 6) is -1.24. The molecule has 1 aromatic heterocycles. The van der Waals surface area contributed by atoms with Gasteiger partial charge in [-0.15, -0.1) is 0 Å². The summed E-state index contributed by atoms with van der Waals surface area (Å²) in [7, 11) is 2.20. The van der Waals surface area contributed by atoms with Gasteiger partial charge in [-0.1, -0.05) is 0 Å². The van der Waals surface area contributed by atoms with Gasteiger partial charge in [0.25, 0.3) is 0 Å². The number of rotatable bonds is 2. The van der Waals surface area contributed by atoms with Crippen molar-refractivity contribution >= 4 is 22.8 Å². The number of carbonyl (C=O) groups is 2. The molecule has 1 saturated heterocycles. The molecule has 2 aromatic rings. The standard InChI is InChI=1S/C15H17FN2.C4H4O4/c1-18-7-9-2-5-13-15(12(9)8-18)11-4-3-10(16)6-14(11)17-13;5-3(6)1-2-4(7)8/h3-4,6,9,12,17H,2,5,7-8H2,1H3;1-2H,(H,5,6)(H,7,8)/b;2-1+/t9-,12+;/m0./s1. The Morgan fingerprint density at radius 2 is 1.92 bits per heavy atom. The van der Waals surface area contributed by atoms with Crippen LogP contribution in [0.2, 0.25) is 0 Å². The third-order valence-electron chi connectivity index (χ3n) is 5.01. The van der Waals surface area contributed by atoms with Gasteiger partial charge < -0.3 is 20.1 Å². The average molecular weight is 360 g/mol. The van der Waals surface area contributed by atoms with Crippen molar-refractivity contribution in [2.45, 2.75) is 18.8 Å². The number of carboxylic acids is 2. The highest BCUT2D eigenvalue weighted by Crippen LogP contribution is 2.44. The van der Waals surface area contributed by atoms with E-state index in [1.807, 2.05) is 6.07 Å². The summed E-state index contributed by atoms with van der Waals surface area (Å²) < 4.78 is 13.3. The van der Waals surface area contributed by atoms with Gasteiger partial charge in [0.15, 0.2) is 0 Å². The third kappa shape index (κ3) is 3.77. The van der Waals surface area contributed by atoms with Crippen LogP contribution < -0.4 is 0 Å². The first kappa shape index (κ1) is 18.1. The zero-order chi connectivity index (χ0) is 18.8. The molecule has 0 spiro atoms. The van der Waals surface area contributed by atoms with Gasteiger partial charge in [0.1, 0.15) is 5.82 Å². The van der Waals surface area contributed by atoms with E-state index in [2.05, 4.69) is 16.9 Å². The molecule has 0 radical (unpaired) electrons. The van der Waals surface area contributed by atoms with Crippen molar-refractivity contribution < 1.29 is 24.2 Å². The van der Waals surface area contributed by atoms with Crippen LogP contribution in [-0.2, 0) is 16.0 Å². The highest BCUT2D eigenvalue weighted by atomic mass is 19.1. The first-order valence-electron chi connectivity index (χ1n) is 8.47. The van der Waals surface area contributed by atoms with Gasteiger partial charge in [-0.2, -0.15) is 0 Å². The molecule has 6 nitrogen and oxygen atoms in total. The topological polar surface area (TPSA) is 93.6 Å². The molecular formula is C19H21FN2O4. The van der Waals surface area contributed by atoms with Gasteiger partial charge in [-0.05, 0) is 49.6 Å². The molecule has 7 heteroatoms. The largest absolute Gasteiger partial charge is 0.478 e. The number of aromatic nitrogens is 1. The maximum atomic E-state index is 13.3. The number of fused-ring (bicyclic) bond motifs is 5. The molecule has 2 aliphatic rings. The second-order valence-electron chi connectivity index (χ2n) is 6.84. The van der Waals surface area contributed by atoms with E-state index in [0.29, 0.717) is 18.1 Å². The molecule has 138 valence electrons. The Morgan fingerprint density at radius 1 is 1.23 bits per heavy atom. The van der Waals surface area contributed by atoms with E-state index in [1.165, 1.54) is 29.6 Å². The smallest absolute Gasteiger partial charge is 0.328 e. The molecule has 0 amide bonds. The predicted molar refractivity (Wildman–Crippen MR) is 94.7 cm³/mol. The zero-order valence-electron chi connectivity index (χ0n) is 14.4. The Balaban J connectivity index is 0.000000211. The quantitative estimate of drug-likeness (QED) is 0.716. The SMILES string of the molecule is CN1C[C@@H]2CCc3[nH]c4cc(F)ccc4c3[C@@H]2C1.O=C(O)/C=C/C(=O)O. The Morgan fingerprint density at radius 3 is 2.58 bits per heavy atom. The minimum atomic E-state index is -1.26. The van der Waals surface area contributed by atoms with Crippen LogP contribution in [0.5, 0.6) is 0 Å². The van der Waals surface area contributed by atoms with Crippen LogP contribution in [-0.4, -0.2) is 52.2 Å². The van der Waals surface area contributed by atoms with Crippen LogP contribution in [0.1, 0.15) is 23.6 Å². The van der Waals surface area contributed by atoms with Crippen molar-refractivity contribution in [2.75, 3.05) is 20.1 Å². The van der Waals surface area contributed by atoms with E-state index in [-0.39, 0.29) is 5.82 Å². The Bertz CT molecular complexity index is 858. The number of aliphatic carboxylic acids is 2. The van der Waals surface area contributed by atoms with Crippen LogP contribution in [0.25, 0.3) is 10.9 Å². The Labute approximate surface area is 149 Å². The Kier molecular flexibility index (Phi) is 5.08. The second kappa shape index (κ2) is 7.29. The molecule has 3 N–H and O–H groups in total. The first-order valence-corrected chi connectivity index (χ1v) is 8.47. The van der Waals surface area contributed by atoms with Crippen LogP contribution in [0.3, 0.4) is 0 Å². The average Bonchev–Trinajstić information content (AvgIpc) is 3.11. The third-order valence-corrected chi connectivity index (χ3v) is 5.01. The van der Waals surface area contributed by atoms with E-state index in [0.717, 1.165) is 24.4 Å². The summed E-state index contributed by atoms with van der Waals surface area (Å²) in [5.41, 5.74) is 3.77. The molecule has 26 heavy (non-hydrogen) atoms. The number of aryl methyl sites for hydroxylation is 1. The summed E-state index contributed by atoms with van der Waals surface area (Å²) in [6.07, 6.45) is 3.49. The lowest BCUT2D eigenvalue weighted by molar-refractivity contribution is -0.134. The molecule has 1 aliphatic carbocycles. The maximum absolute atomic E-state index is 13.3. The normalized spacial score (nSPS) is 21.9. The van der Waals surface area contributed by atoms with Gasteiger partial charge in [0.05, 0.1) is 0 Å². The lowest BCUT2D eigenvalue weighted by Gasteiger charge is -2.24. The summed E-state index contributed by atoms with van der Waals surface area (Å²) in [6.45, 7) is 2.35. The van der Waals surface area contributed by atoms with Gasteiger partial charge in [-0.25, -0.2) is 14.0 Å². The molecule has 0 saturated carbocycles. The molecule has 0 unspecified atom stereocenters. The number of H-pyrrole nitrogens is 1. The van der Waals surface area contributed by atoms with Crippen molar-refractivity contribution in [3.05, 3.63) is 47.4 Å². The van der Waals surface area contributed by atoms with Crippen molar-refractivity contribution in [3.8, 4) is 0 Å². The van der Waals surface area contributed by atoms with Crippen LogP contribution in [0, 0.1) is 11.7 Å². The number of benzene rings is 1. The van der Waals surface area contributed by atoms with E-state index in [9.17, 15) is 14.0 Å². The van der Waals surface area contributed by atoms with E-state index >= 15 is 0 Å². The molecule has 1 fully saturated rings. The summed E-state index contributed by atoms with van der Waals surface area (Å²) in [5, 5.41) is 16.9. The number of hydrogen-bond acceptors (Lipinski definition) is 3. The predicted octanol–water partition coefficient (Wildman–Crippen LogP) is 2.61. The molecule has 1 aromatic carbocycles. The van der Waals surface area contributed by atoms with Crippen molar-refractivity contribution in [2.24, 2.45) is 5.92 Å². The Hall–Kier alpha value is -2.67. The number of likely N-dealkylation sites (N-methyl/N-ethyl adjacent to an activating group) is 1. The van der Waals surface area contributed by atoms with Crippen molar-refractivity contribution in [1.29, 1.82) is 0 Å². The molecule has 1 aliphatic heterocycles. The van der Waals surface area contributed by atoms with Crippen LogP contribution >= 0.6 is 0 Å². The zero-order valence-corrected chi connectivity index (χ0v) is 14.4. The highest BCUT2D eigenvalue weighted by Gasteiger charge is 2.37. The van der Waals surface area contributed by atoms with Crippen LogP contribution in [0.15, 0.2) is 30.4 Å². The summed E-state index contributed by atoms with van der Waals surface area (Å²) in [6, 6.07) is 5.15. The highest BCUT2D eigenvalue weighted by molar-refractivity contribution is 5.89. The second-order valence-corrected chi connectivity index (χ2v) is 6.84. The number of nitrogens with one attached hydrogen (secondary N) is 1. The van der Waals surface area contributed by atoms with Gasteiger partial charge in [0.2, 0.25) is 0 Å². The number of likely N-dealkylation sites (tertiary alicyclic amines) is 1. The maximum Gasteiger partial charge on any atom is 0.328 e. The first-order chi connectivity index (χ1) is 12.3. The monoisotopic (exact) mass is 360 g/mol. The van der Waals surface area contributed by atoms with Crippen LogP contribution in [0.4, 0.5) is 4.39 Å². The molecule has 0 bridgehead atoms. The van der Waals surface area contributed by atoms with E-state index in [1.54, 1.807) is 12.1 Å². The van der Waals surface area contributed by atoms with Crippen molar-refractivity contribution in [3.63, 3.8) is 0 Å². The van der Waals surface area contributed by atoms with Crippen molar-refractivity contribution in [1.82, 2.24) is 9.88 Å². The molecule has 2 atom stereocenters. The lowest BCUT2D eigenvalue weighted by Crippen LogP contribution is -2.18. The fraction of sp³-hybridized carbons (Fsp3) is 0.368. The minimum absolute atomic E-state index is 0.152. The summed E-state index contributed by atoms with van der Waals surface area (Å²) >= 11 is 0. The lowest BCUT2D eigenvalue weighted by atomic mass is 9.79. The summed E-state index contributed by atoms with van der Waals surface area (Å²) in [4.78, 5) is 25.0. The van der Waals surface area contributed by atoms with Gasteiger partial charge in [-0.3, -0.25) is 0 Å². The van der Waals surface area contributed by atoms with Gasteiger partial charge >= 0.3 is 11.9 Å². The van der Waals surface area contributed by atoms with E-state index < -0.39 is 11.9 Å². The number of hydrogen-bond donors (Lipinski definition) is 3. The molecular weight excluding hydrogens is 339 g/mol. The minimum Gasteiger partial charge on any atom is -0.478 e. The number of halogens is 1. The number of aromatic amines is 1.